The van der Waals surface area contributed by atoms with Crippen LogP contribution >= 0.6 is 0 Å². The maximum atomic E-state index is 12.0. The smallest absolute Gasteiger partial charge is 0.305 e. The van der Waals surface area contributed by atoms with E-state index in [4.69, 9.17) is 10.8 Å². The number of carboxylic acid groups (broad SMARTS) is 1. The predicted molar refractivity (Wildman–Crippen MR) is 321 cm³/mol. The highest BCUT2D eigenvalue weighted by Crippen LogP contribution is 2.20. The molecule has 0 saturated carbocycles. The van der Waals surface area contributed by atoms with Crippen LogP contribution in [0.1, 0.15) is 59.3 Å². The zero-order valence-corrected chi connectivity index (χ0v) is 48.2. The average Bonchev–Trinajstić information content (AvgIpc) is 4.33. The third-order valence-electron chi connectivity index (χ3n) is 11.7. The van der Waals surface area contributed by atoms with Crippen molar-refractivity contribution in [3.63, 3.8) is 0 Å². The first-order chi connectivity index (χ1) is 42.4. The van der Waals surface area contributed by atoms with Crippen LogP contribution < -0.4 is 48.3 Å². The number of hydrogen-bond acceptors (Lipinski definition) is 19. The van der Waals surface area contributed by atoms with Crippen LogP contribution in [-0.2, 0) is 43.2 Å². The van der Waals surface area contributed by atoms with Crippen molar-refractivity contribution >= 4 is 87.2 Å². The number of carboxylic acids is 1. The fourth-order valence-electron chi connectivity index (χ4n) is 7.49. The van der Waals surface area contributed by atoms with Gasteiger partial charge >= 0.3 is 5.97 Å². The lowest BCUT2D eigenvalue weighted by atomic mass is 10.3. The Balaban J connectivity index is 0.000000196. The van der Waals surface area contributed by atoms with E-state index >= 15 is 0 Å². The second kappa shape index (κ2) is 34.2. The number of nitrogens with zero attached hydrogens (tertiary/aromatic N) is 12. The molecule has 0 aliphatic carbocycles. The van der Waals surface area contributed by atoms with E-state index in [0.717, 1.165) is 28.5 Å². The van der Waals surface area contributed by atoms with Crippen molar-refractivity contribution < 1.29 is 48.3 Å². The van der Waals surface area contributed by atoms with Crippen LogP contribution in [0.2, 0.25) is 0 Å². The molecule has 31 heteroatoms. The summed E-state index contributed by atoms with van der Waals surface area (Å²) in [6, 6.07) is 27.6. The molecule has 11 N–H and O–H groups in total. The summed E-state index contributed by atoms with van der Waals surface area (Å²) < 4.78 is 5.54. The molecule has 0 spiro atoms. The lowest BCUT2D eigenvalue weighted by molar-refractivity contribution is -0.137. The second-order valence-corrected chi connectivity index (χ2v) is 18.7. The molecule has 8 amide bonds. The minimum absolute atomic E-state index is 0.0914. The number of pyridine rings is 6. The summed E-state index contributed by atoms with van der Waals surface area (Å²) in [5, 5.41) is 53.6. The van der Waals surface area contributed by atoms with Gasteiger partial charge in [-0.3, -0.25) is 71.3 Å². The normalized spacial score (nSPS) is 10.4. The molecule has 0 atom stereocenters. The molecule has 0 aliphatic heterocycles. The van der Waals surface area contributed by atoms with Crippen molar-refractivity contribution in [2.24, 2.45) is 0 Å². The summed E-state index contributed by atoms with van der Waals surface area (Å²) in [5.41, 5.74) is 11.6. The summed E-state index contributed by atoms with van der Waals surface area (Å²) in [4.78, 5) is 113. The number of carbonyl (C=O) groups excluding carboxylic acids is 8. The van der Waals surface area contributed by atoms with E-state index in [1.165, 1.54) is 20.8 Å². The second-order valence-electron chi connectivity index (χ2n) is 18.7. The highest BCUT2D eigenvalue weighted by Gasteiger charge is 2.14. The lowest BCUT2D eigenvalue weighted by Crippen LogP contribution is -2.31. The highest BCUT2D eigenvalue weighted by molar-refractivity contribution is 5.92. The summed E-state index contributed by atoms with van der Waals surface area (Å²) >= 11 is 0. The molecule has 458 valence electrons. The van der Waals surface area contributed by atoms with E-state index in [0.29, 0.717) is 40.1 Å². The van der Waals surface area contributed by atoms with Crippen molar-refractivity contribution in [1.29, 1.82) is 0 Å². The Hall–Kier alpha value is -11.7. The number of fused-ring (bicyclic) bond motifs is 3. The van der Waals surface area contributed by atoms with Crippen LogP contribution in [0.4, 0.5) is 17.1 Å². The molecule has 31 nitrogen and oxygen atoms in total. The SMILES string of the molecule is CC(=O)NCCC(=O)NCCC(=O)Nc1ccc(-c2nnc3ccccn23)nc1.CC(=O)NCCC(=O)NCCC(=O)Nc1ccc(-c2nnc3ccccn23)nc1.CC(=O)NCCC(=O)NCCC(=O)O.Nc1ccc(-c2nnc3ccccn23)nc1. The first kappa shape index (κ1) is 65.5. The van der Waals surface area contributed by atoms with E-state index in [1.807, 2.05) is 92.5 Å². The van der Waals surface area contributed by atoms with Gasteiger partial charge in [0, 0.05) is 111 Å². The highest BCUT2D eigenvalue weighted by atomic mass is 16.4. The molecule has 0 unspecified atom stereocenters. The van der Waals surface area contributed by atoms with Gasteiger partial charge in [0.05, 0.1) is 42.1 Å². The maximum absolute atomic E-state index is 12.0. The van der Waals surface area contributed by atoms with Crippen molar-refractivity contribution in [3.05, 3.63) is 128 Å². The Labute approximate surface area is 502 Å². The monoisotopic (exact) mass is 1200 g/mol. The fraction of sp³-hybridized carbons (Fsp3) is 0.263. The molecule has 9 rings (SSSR count). The zero-order chi connectivity index (χ0) is 63.2. The maximum Gasteiger partial charge on any atom is 0.305 e. The zero-order valence-electron chi connectivity index (χ0n) is 48.2. The van der Waals surface area contributed by atoms with Gasteiger partial charge in [0.1, 0.15) is 17.1 Å². The summed E-state index contributed by atoms with van der Waals surface area (Å²) in [7, 11) is 0. The predicted octanol–water partition coefficient (Wildman–Crippen LogP) is 2.00. The average molecular weight is 1200 g/mol. The van der Waals surface area contributed by atoms with Gasteiger partial charge in [0.25, 0.3) is 0 Å². The summed E-state index contributed by atoms with van der Waals surface area (Å²) in [6.07, 6.45) is 11.0. The summed E-state index contributed by atoms with van der Waals surface area (Å²) in [5.74, 6) is -0.768. The van der Waals surface area contributed by atoms with Crippen LogP contribution in [0, 0.1) is 0 Å². The van der Waals surface area contributed by atoms with Gasteiger partial charge in [-0.1, -0.05) is 18.2 Å². The van der Waals surface area contributed by atoms with Crippen molar-refractivity contribution in [1.82, 2.24) is 90.6 Å². The molecule has 0 saturated heterocycles. The van der Waals surface area contributed by atoms with E-state index in [-0.39, 0.29) is 125 Å². The number of nitrogen functional groups attached to an aromatic ring is 1. The van der Waals surface area contributed by atoms with Gasteiger partial charge in [-0.25, -0.2) is 0 Å². The van der Waals surface area contributed by atoms with Crippen LogP contribution in [0.25, 0.3) is 51.5 Å². The third kappa shape index (κ3) is 22.2. The number of anilines is 3. The Bertz CT molecular complexity index is 3630. The minimum atomic E-state index is -0.952. The van der Waals surface area contributed by atoms with E-state index in [9.17, 15) is 43.2 Å². The van der Waals surface area contributed by atoms with Gasteiger partial charge in [-0.2, -0.15) is 0 Å². The van der Waals surface area contributed by atoms with E-state index < -0.39 is 5.97 Å². The number of nitrogens with one attached hydrogen (secondary N) is 8. The molecular formula is C57H65N21O10. The molecule has 0 radical (unpaired) electrons. The van der Waals surface area contributed by atoms with Gasteiger partial charge < -0.3 is 53.4 Å². The number of carbonyl (C=O) groups is 9. The lowest BCUT2D eigenvalue weighted by Gasteiger charge is -2.07. The molecule has 9 aromatic rings. The van der Waals surface area contributed by atoms with E-state index in [1.54, 1.807) is 48.9 Å². The Morgan fingerprint density at radius 3 is 1.01 bits per heavy atom. The quantitative estimate of drug-likeness (QED) is 0.0438. The molecule has 9 heterocycles. The molecule has 0 aromatic carbocycles. The van der Waals surface area contributed by atoms with Crippen molar-refractivity contribution in [3.8, 4) is 34.6 Å². The first-order valence-corrected chi connectivity index (χ1v) is 27.3. The minimum Gasteiger partial charge on any atom is -0.481 e. The fourth-order valence-corrected chi connectivity index (χ4v) is 7.49. The van der Waals surface area contributed by atoms with Crippen LogP contribution in [0.5, 0.6) is 0 Å². The number of amides is 8. The Morgan fingerprint density at radius 2 is 0.705 bits per heavy atom. The molecule has 0 aliphatic rings. The molecule has 88 heavy (non-hydrogen) atoms. The van der Waals surface area contributed by atoms with Gasteiger partial charge in [-0.15, -0.1) is 30.6 Å². The van der Waals surface area contributed by atoms with Gasteiger partial charge in [-0.05, 0) is 72.8 Å². The van der Waals surface area contributed by atoms with Crippen molar-refractivity contribution in [2.75, 3.05) is 55.6 Å². The van der Waals surface area contributed by atoms with Crippen LogP contribution in [0.3, 0.4) is 0 Å². The standard InChI is InChI=1S/2C19H21N7O3.C11H9N5.C8H14N2O4/c2*1-13(27)20-9-7-17(28)21-10-8-18(29)23-14-5-6-15(22-12-14)19-25-24-16-4-2-3-11-26(16)19;12-8-4-5-9(13-7-8)11-15-14-10-3-1-2-6-16(10)11;1-6(11)9-4-2-7(12)10-5-3-8(13)14/h2*2-6,11-12H,7-10H2,1H3,(H,20,27)(H,21,28)(H,23,29);1-7H,12H2;2-5H2,1H3,(H,9,11)(H,10,12)(H,13,14). The van der Waals surface area contributed by atoms with E-state index in [2.05, 4.69) is 88.1 Å². The molecular weight excluding hydrogens is 1140 g/mol. The largest absolute Gasteiger partial charge is 0.481 e. The number of aromatic nitrogens is 12. The molecule has 0 fully saturated rings. The van der Waals surface area contributed by atoms with Crippen molar-refractivity contribution in [2.45, 2.75) is 59.3 Å². The van der Waals surface area contributed by atoms with Crippen LogP contribution in [-0.4, -0.2) is 156 Å². The molecule has 0 bridgehead atoms. The van der Waals surface area contributed by atoms with Gasteiger partial charge in [0.2, 0.25) is 47.3 Å². The molecule has 9 aromatic heterocycles. The Kier molecular flexibility index (Phi) is 25.5. The summed E-state index contributed by atoms with van der Waals surface area (Å²) in [6.45, 7) is 5.49. The van der Waals surface area contributed by atoms with Crippen LogP contribution in [0.15, 0.2) is 128 Å². The van der Waals surface area contributed by atoms with Gasteiger partial charge in [0.15, 0.2) is 34.4 Å². The number of aliphatic carboxylic acids is 1. The first-order valence-electron chi connectivity index (χ1n) is 27.3. The number of hydrogen-bond donors (Lipinski definition) is 10. The third-order valence-corrected chi connectivity index (χ3v) is 11.7. The number of rotatable bonds is 23. The Morgan fingerprint density at radius 1 is 0.386 bits per heavy atom. The topological polar surface area (TPSA) is 425 Å². The number of nitrogens with two attached hydrogens (primary N) is 1.